The molecule has 0 aliphatic heterocycles. The number of hydrogen-bond donors (Lipinski definition) is 1. The van der Waals surface area contributed by atoms with Gasteiger partial charge in [0.2, 0.25) is 0 Å². The molecule has 1 aromatic rings. The topological polar surface area (TPSA) is 26.0 Å². The zero-order chi connectivity index (χ0) is 13.9. The van der Waals surface area contributed by atoms with E-state index in [9.17, 15) is 8.78 Å². The Bertz CT molecular complexity index is 433. The first-order chi connectivity index (χ1) is 9.10. The largest absolute Gasteiger partial charge is 0.330 e. The minimum atomic E-state index is -0.757. The summed E-state index contributed by atoms with van der Waals surface area (Å²) < 4.78 is 27.1. The van der Waals surface area contributed by atoms with Crippen molar-refractivity contribution in [2.75, 3.05) is 6.54 Å². The first-order valence-electron chi connectivity index (χ1n) is 7.23. The van der Waals surface area contributed by atoms with E-state index in [0.29, 0.717) is 24.4 Å². The van der Waals surface area contributed by atoms with Crippen LogP contribution in [-0.4, -0.2) is 6.54 Å². The maximum atomic E-state index is 13.8. The minimum Gasteiger partial charge on any atom is -0.330 e. The van der Waals surface area contributed by atoms with Crippen molar-refractivity contribution in [3.8, 4) is 0 Å². The number of nitrogens with two attached hydrogens (primary N) is 1. The number of hydrogen-bond acceptors (Lipinski definition) is 1. The lowest BCUT2D eigenvalue weighted by Gasteiger charge is -2.40. The van der Waals surface area contributed by atoms with Gasteiger partial charge in [0.1, 0.15) is 0 Å². The quantitative estimate of drug-likeness (QED) is 0.875. The molecule has 0 bridgehead atoms. The first kappa shape index (κ1) is 14.4. The lowest BCUT2D eigenvalue weighted by Crippen LogP contribution is -2.38. The minimum absolute atomic E-state index is 0.0481. The molecule has 1 aliphatic rings. The summed E-state index contributed by atoms with van der Waals surface area (Å²) in [6.45, 7) is 2.75. The van der Waals surface area contributed by atoms with E-state index in [1.165, 1.54) is 12.5 Å². The Kier molecular flexibility index (Phi) is 4.56. The van der Waals surface area contributed by atoms with Gasteiger partial charge in [-0.15, -0.1) is 0 Å². The van der Waals surface area contributed by atoms with E-state index in [0.717, 1.165) is 25.7 Å². The molecule has 0 amide bonds. The summed E-state index contributed by atoms with van der Waals surface area (Å²) in [7, 11) is 0. The molecule has 1 saturated carbocycles. The van der Waals surface area contributed by atoms with Gasteiger partial charge in [-0.1, -0.05) is 38.3 Å². The Hall–Kier alpha value is -0.960. The zero-order valence-corrected chi connectivity index (χ0v) is 11.6. The van der Waals surface area contributed by atoms with Gasteiger partial charge in [-0.25, -0.2) is 8.78 Å². The maximum Gasteiger partial charge on any atom is 0.162 e. The molecule has 0 spiro atoms. The molecule has 3 heteroatoms. The summed E-state index contributed by atoms with van der Waals surface area (Å²) in [5, 5.41) is 0. The van der Waals surface area contributed by atoms with Crippen molar-refractivity contribution in [3.05, 3.63) is 35.4 Å². The van der Waals surface area contributed by atoms with Crippen molar-refractivity contribution in [2.45, 2.75) is 45.4 Å². The highest BCUT2D eigenvalue weighted by atomic mass is 19.2. The summed E-state index contributed by atoms with van der Waals surface area (Å²) >= 11 is 0. The van der Waals surface area contributed by atoms with Gasteiger partial charge in [0, 0.05) is 0 Å². The summed E-state index contributed by atoms with van der Waals surface area (Å²) in [5.41, 5.74) is 6.40. The molecule has 2 rings (SSSR count). The second-order valence-corrected chi connectivity index (χ2v) is 5.96. The van der Waals surface area contributed by atoms with Gasteiger partial charge in [0.25, 0.3) is 0 Å². The molecule has 106 valence electrons. The highest BCUT2D eigenvalue weighted by Crippen LogP contribution is 2.42. The Morgan fingerprint density at radius 1 is 1.37 bits per heavy atom. The Morgan fingerprint density at radius 2 is 2.16 bits per heavy atom. The average Bonchev–Trinajstić information content (AvgIpc) is 2.44. The normalized spacial score (nSPS) is 27.5. The third-order valence-corrected chi connectivity index (χ3v) is 4.65. The fourth-order valence-corrected chi connectivity index (χ4v) is 3.44. The van der Waals surface area contributed by atoms with E-state index in [1.54, 1.807) is 12.1 Å². The highest BCUT2D eigenvalue weighted by molar-refractivity contribution is 5.21. The van der Waals surface area contributed by atoms with E-state index < -0.39 is 11.6 Å². The van der Waals surface area contributed by atoms with Crippen molar-refractivity contribution in [3.63, 3.8) is 0 Å². The van der Waals surface area contributed by atoms with Gasteiger partial charge in [-0.05, 0) is 48.8 Å². The summed E-state index contributed by atoms with van der Waals surface area (Å²) in [6.07, 6.45) is 6.15. The molecule has 1 nitrogen and oxygen atoms in total. The predicted octanol–water partition coefficient (Wildman–Crippen LogP) is 4.05. The van der Waals surface area contributed by atoms with Gasteiger partial charge in [0.05, 0.1) is 0 Å². The molecule has 2 N–H and O–H groups in total. The lowest BCUT2D eigenvalue weighted by molar-refractivity contribution is 0.141. The van der Waals surface area contributed by atoms with Crippen LogP contribution in [0.4, 0.5) is 8.78 Å². The van der Waals surface area contributed by atoms with Crippen LogP contribution in [-0.2, 0) is 6.42 Å². The molecule has 0 saturated heterocycles. The summed E-state index contributed by atoms with van der Waals surface area (Å²) in [6, 6.07) is 4.44. The van der Waals surface area contributed by atoms with Crippen LogP contribution in [0.5, 0.6) is 0 Å². The third kappa shape index (κ3) is 3.14. The molecule has 0 aromatic heterocycles. The van der Waals surface area contributed by atoms with E-state index >= 15 is 0 Å². The van der Waals surface area contributed by atoms with Crippen LogP contribution in [0.3, 0.4) is 0 Å². The molecule has 19 heavy (non-hydrogen) atoms. The van der Waals surface area contributed by atoms with Crippen molar-refractivity contribution in [2.24, 2.45) is 17.1 Å². The van der Waals surface area contributed by atoms with Crippen molar-refractivity contribution >= 4 is 0 Å². The summed E-state index contributed by atoms with van der Waals surface area (Å²) in [4.78, 5) is 0. The molecule has 1 aliphatic carbocycles. The van der Waals surface area contributed by atoms with Crippen LogP contribution in [0.1, 0.15) is 44.6 Å². The molecular weight excluding hydrogens is 244 g/mol. The van der Waals surface area contributed by atoms with Crippen LogP contribution in [0, 0.1) is 23.0 Å². The summed E-state index contributed by atoms with van der Waals surface area (Å²) in [5.74, 6) is -0.782. The van der Waals surface area contributed by atoms with Crippen LogP contribution in [0.2, 0.25) is 0 Å². The monoisotopic (exact) mass is 267 g/mol. The van der Waals surface area contributed by atoms with E-state index in [2.05, 4.69) is 6.92 Å². The molecule has 2 unspecified atom stereocenters. The highest BCUT2D eigenvalue weighted by Gasteiger charge is 2.35. The van der Waals surface area contributed by atoms with Crippen LogP contribution in [0.25, 0.3) is 0 Å². The molecule has 0 radical (unpaired) electrons. The smallest absolute Gasteiger partial charge is 0.162 e. The van der Waals surface area contributed by atoms with Crippen LogP contribution >= 0.6 is 0 Å². The van der Waals surface area contributed by atoms with Gasteiger partial charge >= 0.3 is 0 Å². The van der Waals surface area contributed by atoms with Crippen molar-refractivity contribution < 1.29 is 8.78 Å². The first-order valence-corrected chi connectivity index (χ1v) is 7.23. The van der Waals surface area contributed by atoms with Gasteiger partial charge in [0.15, 0.2) is 11.6 Å². The molecule has 0 heterocycles. The average molecular weight is 267 g/mol. The predicted molar refractivity (Wildman–Crippen MR) is 73.8 cm³/mol. The van der Waals surface area contributed by atoms with Gasteiger partial charge in [-0.2, -0.15) is 0 Å². The number of benzene rings is 1. The van der Waals surface area contributed by atoms with Crippen LogP contribution in [0.15, 0.2) is 18.2 Å². The SMILES string of the molecule is CCC1CCCC(CN)(Cc2cccc(F)c2F)C1. The van der Waals surface area contributed by atoms with Gasteiger partial charge in [-0.3, -0.25) is 0 Å². The standard InChI is InChI=1S/C16H23F2N/c1-2-12-5-4-8-16(9-12,11-19)10-13-6-3-7-14(17)15(13)18/h3,6-7,12H,2,4-5,8-11,19H2,1H3. The van der Waals surface area contributed by atoms with E-state index in [-0.39, 0.29) is 5.41 Å². The Labute approximate surface area is 114 Å². The third-order valence-electron chi connectivity index (χ3n) is 4.65. The van der Waals surface area contributed by atoms with Crippen molar-refractivity contribution in [1.29, 1.82) is 0 Å². The van der Waals surface area contributed by atoms with E-state index in [4.69, 9.17) is 5.73 Å². The molecular formula is C16H23F2N. The fourth-order valence-electron chi connectivity index (χ4n) is 3.44. The van der Waals surface area contributed by atoms with Gasteiger partial charge < -0.3 is 5.73 Å². The van der Waals surface area contributed by atoms with Crippen LogP contribution < -0.4 is 5.73 Å². The second kappa shape index (κ2) is 6.00. The number of halogens is 2. The lowest BCUT2D eigenvalue weighted by atomic mass is 9.66. The maximum absolute atomic E-state index is 13.8. The second-order valence-electron chi connectivity index (χ2n) is 5.96. The zero-order valence-electron chi connectivity index (χ0n) is 11.6. The number of rotatable bonds is 4. The molecule has 1 aromatic carbocycles. The molecule has 1 fully saturated rings. The Morgan fingerprint density at radius 3 is 2.84 bits per heavy atom. The molecule has 2 atom stereocenters. The Balaban J connectivity index is 2.20. The van der Waals surface area contributed by atoms with E-state index in [1.807, 2.05) is 0 Å². The van der Waals surface area contributed by atoms with Crippen molar-refractivity contribution in [1.82, 2.24) is 0 Å². The fraction of sp³-hybridized carbons (Fsp3) is 0.625.